The maximum Gasteiger partial charge on any atom is 0.328 e. The molecule has 21 heavy (non-hydrogen) atoms. The van der Waals surface area contributed by atoms with Gasteiger partial charge in [-0.2, -0.15) is 0 Å². The molecule has 2 N–H and O–H groups in total. The van der Waals surface area contributed by atoms with Crippen LogP contribution in [0, 0.1) is 11.3 Å². The van der Waals surface area contributed by atoms with E-state index in [1.165, 1.54) is 13.5 Å². The molecule has 1 aliphatic rings. The van der Waals surface area contributed by atoms with Crippen molar-refractivity contribution in [3.63, 3.8) is 0 Å². The van der Waals surface area contributed by atoms with E-state index in [1.54, 1.807) is 0 Å². The van der Waals surface area contributed by atoms with Crippen LogP contribution in [0.2, 0.25) is 0 Å². The second-order valence-electron chi connectivity index (χ2n) is 6.82. The zero-order chi connectivity index (χ0) is 16.0. The molecule has 0 saturated heterocycles. The van der Waals surface area contributed by atoms with Gasteiger partial charge < -0.3 is 10.1 Å². The molecule has 122 valence electrons. The molecule has 0 aromatic rings. The van der Waals surface area contributed by atoms with Crippen LogP contribution in [0.1, 0.15) is 52.9 Å². The van der Waals surface area contributed by atoms with Crippen LogP contribution in [-0.2, 0) is 14.3 Å². The number of methoxy groups -OCH3 is 1. The van der Waals surface area contributed by atoms with Crippen LogP contribution in [0.25, 0.3) is 0 Å². The summed E-state index contributed by atoms with van der Waals surface area (Å²) < 4.78 is 4.79. The molecule has 1 saturated carbocycles. The van der Waals surface area contributed by atoms with Crippen molar-refractivity contribution in [2.24, 2.45) is 11.3 Å². The van der Waals surface area contributed by atoms with Crippen molar-refractivity contribution in [2.45, 2.75) is 65.0 Å². The summed E-state index contributed by atoms with van der Waals surface area (Å²) in [4.78, 5) is 27.0. The molecule has 1 rings (SSSR count). The van der Waals surface area contributed by atoms with Crippen molar-refractivity contribution < 1.29 is 14.3 Å². The zero-order valence-corrected chi connectivity index (χ0v) is 14.1. The molecular weight excluding hydrogens is 292 g/mol. The molecule has 0 aromatic carbocycles. The van der Waals surface area contributed by atoms with E-state index in [4.69, 9.17) is 16.5 Å². The number of carbonyl (C=O) groups is 2. The number of ether oxygens (including phenoxy) is 1. The van der Waals surface area contributed by atoms with Crippen LogP contribution in [0.15, 0.2) is 0 Å². The van der Waals surface area contributed by atoms with E-state index in [1.807, 2.05) is 20.8 Å². The lowest BCUT2D eigenvalue weighted by atomic mass is 9.83. The van der Waals surface area contributed by atoms with Crippen LogP contribution in [0.3, 0.4) is 0 Å². The van der Waals surface area contributed by atoms with Crippen molar-refractivity contribution in [2.75, 3.05) is 7.11 Å². The fraction of sp³-hybridized carbons (Fsp3) is 0.867. The lowest BCUT2D eigenvalue weighted by Gasteiger charge is -2.33. The summed E-state index contributed by atoms with van der Waals surface area (Å²) in [5.74, 6) is -0.454. The van der Waals surface area contributed by atoms with E-state index in [-0.39, 0.29) is 11.8 Å². The van der Waals surface area contributed by atoms with Crippen LogP contribution in [-0.4, -0.2) is 31.1 Å². The van der Waals surface area contributed by atoms with Gasteiger partial charge in [-0.1, -0.05) is 40.0 Å². The van der Waals surface area contributed by atoms with E-state index < -0.39 is 23.5 Å². The van der Waals surface area contributed by atoms with E-state index >= 15 is 0 Å². The molecular formula is C15H27ClN2O3. The van der Waals surface area contributed by atoms with Gasteiger partial charge in [0.15, 0.2) is 0 Å². The second kappa shape index (κ2) is 7.99. The summed E-state index contributed by atoms with van der Waals surface area (Å²) in [6, 6.07) is -1.16. The van der Waals surface area contributed by atoms with Crippen molar-refractivity contribution in [3.05, 3.63) is 0 Å². The highest BCUT2D eigenvalue weighted by Crippen LogP contribution is 2.27. The molecule has 6 heteroatoms. The highest BCUT2D eigenvalue weighted by Gasteiger charge is 2.37. The number of hydrogen-bond acceptors (Lipinski definition) is 4. The number of halogens is 1. The first-order chi connectivity index (χ1) is 9.81. The van der Waals surface area contributed by atoms with Gasteiger partial charge in [0, 0.05) is 0 Å². The Balaban J connectivity index is 2.76. The Kier molecular flexibility index (Phi) is 6.94. The van der Waals surface area contributed by atoms with Gasteiger partial charge in [0.1, 0.15) is 12.1 Å². The molecule has 1 amide bonds. The van der Waals surface area contributed by atoms with Crippen LogP contribution < -0.4 is 10.2 Å². The Bertz CT molecular complexity index is 362. The Morgan fingerprint density at radius 1 is 1.19 bits per heavy atom. The van der Waals surface area contributed by atoms with Crippen LogP contribution in [0.4, 0.5) is 0 Å². The lowest BCUT2D eigenvalue weighted by Crippen LogP contribution is -2.55. The average molecular weight is 319 g/mol. The number of rotatable bonds is 5. The summed E-state index contributed by atoms with van der Waals surface area (Å²) in [5.41, 5.74) is -0.424. The topological polar surface area (TPSA) is 67.4 Å². The summed E-state index contributed by atoms with van der Waals surface area (Å²) in [7, 11) is 1.33. The summed E-state index contributed by atoms with van der Waals surface area (Å²) in [6.45, 7) is 5.66. The van der Waals surface area contributed by atoms with Crippen LogP contribution in [0.5, 0.6) is 0 Å². The van der Waals surface area contributed by atoms with Crippen molar-refractivity contribution >= 4 is 23.7 Å². The largest absolute Gasteiger partial charge is 0.467 e. The van der Waals surface area contributed by atoms with E-state index in [0.717, 1.165) is 25.7 Å². The molecule has 0 spiro atoms. The molecule has 0 aromatic heterocycles. The van der Waals surface area contributed by atoms with Gasteiger partial charge in [-0.3, -0.25) is 4.79 Å². The molecule has 0 unspecified atom stereocenters. The summed E-state index contributed by atoms with van der Waals surface area (Å²) in [6.07, 6.45) is 5.41. The average Bonchev–Trinajstić information content (AvgIpc) is 2.44. The summed E-state index contributed by atoms with van der Waals surface area (Å²) >= 11 is 5.78. The Hall–Kier alpha value is -0.810. The first kappa shape index (κ1) is 18.2. The van der Waals surface area contributed by atoms with Gasteiger partial charge in [0.25, 0.3) is 0 Å². The number of carbonyl (C=O) groups excluding carboxylic acids is 2. The maximum absolute atomic E-state index is 12.5. The highest BCUT2D eigenvalue weighted by molar-refractivity contribution is 6.15. The molecule has 0 radical (unpaired) electrons. The Morgan fingerprint density at radius 2 is 1.76 bits per heavy atom. The quantitative estimate of drug-likeness (QED) is 0.603. The molecule has 5 nitrogen and oxygen atoms in total. The molecule has 0 aliphatic heterocycles. The van der Waals surface area contributed by atoms with Crippen molar-refractivity contribution in [1.29, 1.82) is 0 Å². The third-order valence-electron chi connectivity index (χ3n) is 4.11. The minimum Gasteiger partial charge on any atom is -0.467 e. The Morgan fingerprint density at radius 3 is 2.19 bits per heavy atom. The summed E-state index contributed by atoms with van der Waals surface area (Å²) in [5, 5.41) is 2.80. The third-order valence-corrected chi connectivity index (χ3v) is 4.35. The van der Waals surface area contributed by atoms with E-state index in [9.17, 15) is 9.59 Å². The van der Waals surface area contributed by atoms with Gasteiger partial charge in [-0.15, -0.1) is 0 Å². The first-order valence-corrected chi connectivity index (χ1v) is 7.93. The normalized spacial score (nSPS) is 19.7. The minimum atomic E-state index is -0.689. The third kappa shape index (κ3) is 5.15. The van der Waals surface area contributed by atoms with Crippen molar-refractivity contribution in [1.82, 2.24) is 10.2 Å². The SMILES string of the molecule is COC(=O)[C@@H](NC(=O)[C@H](NCl)C1CCCCC1)C(C)(C)C. The maximum atomic E-state index is 12.5. The lowest BCUT2D eigenvalue weighted by molar-refractivity contribution is -0.148. The first-order valence-electron chi connectivity index (χ1n) is 7.55. The van der Waals surface area contributed by atoms with Gasteiger partial charge in [-0.05, 0) is 36.0 Å². The molecule has 0 heterocycles. The fourth-order valence-electron chi connectivity index (χ4n) is 2.80. The zero-order valence-electron chi connectivity index (χ0n) is 13.4. The molecule has 1 aliphatic carbocycles. The predicted molar refractivity (Wildman–Crippen MR) is 82.8 cm³/mol. The number of hydrogen-bond donors (Lipinski definition) is 2. The van der Waals surface area contributed by atoms with Crippen LogP contribution >= 0.6 is 11.8 Å². The predicted octanol–water partition coefficient (Wildman–Crippen LogP) is 2.38. The smallest absolute Gasteiger partial charge is 0.328 e. The molecule has 2 atom stereocenters. The number of amides is 1. The fourth-order valence-corrected chi connectivity index (χ4v) is 3.08. The van der Waals surface area contributed by atoms with Gasteiger partial charge in [0.2, 0.25) is 5.91 Å². The standard InChI is InChI=1S/C15H27ClN2O3/c1-15(2,3)12(14(20)21-4)17-13(19)11(18-16)10-8-6-5-7-9-10/h10-12,18H,5-9H2,1-4H3,(H,17,19)/t11-,12-/m1/s1. The Labute approximate surface area is 132 Å². The molecule has 1 fully saturated rings. The number of nitrogens with one attached hydrogen (secondary N) is 2. The van der Waals surface area contributed by atoms with E-state index in [2.05, 4.69) is 10.2 Å². The molecule has 0 bridgehead atoms. The second-order valence-corrected chi connectivity index (χ2v) is 7.03. The van der Waals surface area contributed by atoms with Gasteiger partial charge in [-0.25, -0.2) is 9.63 Å². The number of esters is 1. The van der Waals surface area contributed by atoms with Gasteiger partial charge >= 0.3 is 5.97 Å². The minimum absolute atomic E-state index is 0.217. The van der Waals surface area contributed by atoms with E-state index in [0.29, 0.717) is 0 Å². The highest BCUT2D eigenvalue weighted by atomic mass is 35.5. The van der Waals surface area contributed by atoms with Gasteiger partial charge in [0.05, 0.1) is 7.11 Å². The monoisotopic (exact) mass is 318 g/mol. The van der Waals surface area contributed by atoms with Crippen molar-refractivity contribution in [3.8, 4) is 0 Å².